The number of rotatable bonds is 5. The fourth-order valence-electron chi connectivity index (χ4n) is 1.88. The maximum absolute atomic E-state index is 12.1. The van der Waals surface area contributed by atoms with Crippen molar-refractivity contribution in [2.24, 2.45) is 0 Å². The zero-order valence-electron chi connectivity index (χ0n) is 12.3. The Morgan fingerprint density at radius 3 is 2.76 bits per heavy atom. The monoisotopic (exact) mass is 322 g/mol. The first-order chi connectivity index (χ1) is 9.95. The summed E-state index contributed by atoms with van der Waals surface area (Å²) in [4.78, 5) is 13.9. The summed E-state index contributed by atoms with van der Waals surface area (Å²) in [6.45, 7) is 4.75. The number of anilines is 1. The van der Waals surface area contributed by atoms with Crippen molar-refractivity contribution in [2.75, 3.05) is 18.5 Å². The number of nitrogen functional groups attached to an aromatic ring is 1. The minimum Gasteiger partial charge on any atom is -0.374 e. The lowest BCUT2D eigenvalue weighted by Crippen LogP contribution is -2.28. The second-order valence-corrected chi connectivity index (χ2v) is 7.11. The van der Waals surface area contributed by atoms with Gasteiger partial charge in [0, 0.05) is 13.6 Å². The Morgan fingerprint density at radius 1 is 1.38 bits per heavy atom. The summed E-state index contributed by atoms with van der Waals surface area (Å²) in [6, 6.07) is 6.28. The average Bonchev–Trinajstić information content (AvgIpc) is 2.85. The van der Waals surface area contributed by atoms with Crippen molar-refractivity contribution in [2.45, 2.75) is 24.7 Å². The second-order valence-electron chi connectivity index (χ2n) is 4.87. The molecule has 1 heterocycles. The van der Waals surface area contributed by atoms with Gasteiger partial charge in [-0.1, -0.05) is 46.9 Å². The van der Waals surface area contributed by atoms with Crippen LogP contribution in [0.3, 0.4) is 0 Å². The summed E-state index contributed by atoms with van der Waals surface area (Å²) in [6.07, 6.45) is 0. The van der Waals surface area contributed by atoms with E-state index in [1.165, 1.54) is 39.8 Å². The number of nitrogens with zero attached hydrogens (tertiary/aromatic N) is 3. The summed E-state index contributed by atoms with van der Waals surface area (Å²) >= 11 is 2.67. The molecule has 112 valence electrons. The molecular weight excluding hydrogens is 304 g/mol. The van der Waals surface area contributed by atoms with Crippen molar-refractivity contribution in [3.63, 3.8) is 0 Å². The summed E-state index contributed by atoms with van der Waals surface area (Å²) in [7, 11) is 1.82. The van der Waals surface area contributed by atoms with Crippen LogP contribution < -0.4 is 5.73 Å². The van der Waals surface area contributed by atoms with Crippen LogP contribution in [0.5, 0.6) is 0 Å². The quantitative estimate of drug-likeness (QED) is 0.856. The highest BCUT2D eigenvalue weighted by molar-refractivity contribution is 8.01. The van der Waals surface area contributed by atoms with Crippen molar-refractivity contribution in [1.82, 2.24) is 15.1 Å². The molecule has 2 aromatic rings. The molecule has 2 rings (SSSR count). The molecule has 21 heavy (non-hydrogen) atoms. The number of amides is 1. The maximum atomic E-state index is 12.1. The van der Waals surface area contributed by atoms with Gasteiger partial charge in [0.1, 0.15) is 0 Å². The maximum Gasteiger partial charge on any atom is 0.233 e. The van der Waals surface area contributed by atoms with E-state index in [0.717, 1.165) is 4.34 Å². The lowest BCUT2D eigenvalue weighted by molar-refractivity contribution is -0.127. The van der Waals surface area contributed by atoms with Crippen LogP contribution >= 0.6 is 23.1 Å². The van der Waals surface area contributed by atoms with Crippen LogP contribution in [0.4, 0.5) is 5.13 Å². The molecule has 0 aliphatic rings. The van der Waals surface area contributed by atoms with E-state index >= 15 is 0 Å². The van der Waals surface area contributed by atoms with Gasteiger partial charge in [-0.25, -0.2) is 0 Å². The molecule has 0 saturated heterocycles. The van der Waals surface area contributed by atoms with Gasteiger partial charge in [0.2, 0.25) is 11.0 Å². The van der Waals surface area contributed by atoms with E-state index in [1.54, 1.807) is 4.90 Å². The highest BCUT2D eigenvalue weighted by Crippen LogP contribution is 2.23. The number of hydrogen-bond acceptors (Lipinski definition) is 6. The normalized spacial score (nSPS) is 10.6. The summed E-state index contributed by atoms with van der Waals surface area (Å²) in [5.41, 5.74) is 9.12. The molecule has 0 spiro atoms. The topological polar surface area (TPSA) is 72.1 Å². The van der Waals surface area contributed by atoms with E-state index in [2.05, 4.69) is 42.2 Å². The molecular formula is C14H18N4OS2. The Kier molecular flexibility index (Phi) is 5.19. The molecule has 0 unspecified atom stereocenters. The zero-order valence-corrected chi connectivity index (χ0v) is 13.9. The lowest BCUT2D eigenvalue weighted by atomic mass is 10.1. The van der Waals surface area contributed by atoms with Crippen molar-refractivity contribution in [3.8, 4) is 0 Å². The SMILES string of the molecule is Cc1ccc(CN(C)C(=O)CSc2nnc(N)s2)c(C)c1. The third-order valence-corrected chi connectivity index (χ3v) is 4.94. The number of thioether (sulfide) groups is 1. The molecule has 7 heteroatoms. The minimum atomic E-state index is 0.0637. The van der Waals surface area contributed by atoms with Crippen LogP contribution in [0.25, 0.3) is 0 Å². The highest BCUT2D eigenvalue weighted by Gasteiger charge is 2.12. The van der Waals surface area contributed by atoms with Gasteiger partial charge in [-0.05, 0) is 25.0 Å². The summed E-state index contributed by atoms with van der Waals surface area (Å²) in [5, 5.41) is 8.04. The fraction of sp³-hybridized carbons (Fsp3) is 0.357. The van der Waals surface area contributed by atoms with Crippen molar-refractivity contribution < 1.29 is 4.79 Å². The molecule has 0 atom stereocenters. The van der Waals surface area contributed by atoms with E-state index < -0.39 is 0 Å². The number of carbonyl (C=O) groups excluding carboxylic acids is 1. The van der Waals surface area contributed by atoms with Crippen LogP contribution in [0, 0.1) is 13.8 Å². The lowest BCUT2D eigenvalue weighted by Gasteiger charge is -2.18. The third kappa shape index (κ3) is 4.44. The second kappa shape index (κ2) is 6.91. The largest absolute Gasteiger partial charge is 0.374 e. The molecule has 1 amide bonds. The Hall–Kier alpha value is -1.60. The van der Waals surface area contributed by atoms with E-state index in [9.17, 15) is 4.79 Å². The number of aromatic nitrogens is 2. The fourth-order valence-corrected chi connectivity index (χ4v) is 3.46. The van der Waals surface area contributed by atoms with Crippen molar-refractivity contribution in [1.29, 1.82) is 0 Å². The number of benzene rings is 1. The molecule has 0 aliphatic heterocycles. The number of hydrogen-bond donors (Lipinski definition) is 1. The van der Waals surface area contributed by atoms with Crippen LogP contribution in [0.1, 0.15) is 16.7 Å². The third-order valence-electron chi connectivity index (χ3n) is 3.07. The van der Waals surface area contributed by atoms with Gasteiger partial charge in [0.05, 0.1) is 5.75 Å². The Bertz CT molecular complexity index is 642. The zero-order chi connectivity index (χ0) is 15.4. The predicted molar refractivity (Wildman–Crippen MR) is 87.4 cm³/mol. The smallest absolute Gasteiger partial charge is 0.233 e. The van der Waals surface area contributed by atoms with Crippen LogP contribution in [-0.2, 0) is 11.3 Å². The molecule has 1 aromatic heterocycles. The summed E-state index contributed by atoms with van der Waals surface area (Å²) < 4.78 is 0.723. The van der Waals surface area contributed by atoms with E-state index in [-0.39, 0.29) is 5.91 Å². The average molecular weight is 322 g/mol. The van der Waals surface area contributed by atoms with Gasteiger partial charge in [-0.3, -0.25) is 4.79 Å². The van der Waals surface area contributed by atoms with Gasteiger partial charge in [0.25, 0.3) is 0 Å². The molecule has 0 bridgehead atoms. The van der Waals surface area contributed by atoms with Crippen LogP contribution in [-0.4, -0.2) is 33.8 Å². The summed E-state index contributed by atoms with van der Waals surface area (Å²) in [5.74, 6) is 0.407. The molecule has 5 nitrogen and oxygen atoms in total. The first-order valence-electron chi connectivity index (χ1n) is 6.47. The van der Waals surface area contributed by atoms with Gasteiger partial charge < -0.3 is 10.6 Å². The minimum absolute atomic E-state index is 0.0637. The first kappa shape index (κ1) is 15.8. The molecule has 0 fully saturated rings. The van der Waals surface area contributed by atoms with Gasteiger partial charge in [-0.2, -0.15) is 0 Å². The standard InChI is InChI=1S/C14H18N4OS2/c1-9-4-5-11(10(2)6-9)7-18(3)12(19)8-20-14-17-16-13(15)21-14/h4-6H,7-8H2,1-3H3,(H2,15,16). The van der Waals surface area contributed by atoms with Gasteiger partial charge >= 0.3 is 0 Å². The van der Waals surface area contributed by atoms with E-state index in [4.69, 9.17) is 5.73 Å². The predicted octanol–water partition coefficient (Wildman–Crippen LogP) is 2.49. The van der Waals surface area contributed by atoms with Crippen LogP contribution in [0.2, 0.25) is 0 Å². The van der Waals surface area contributed by atoms with Crippen molar-refractivity contribution in [3.05, 3.63) is 34.9 Å². The van der Waals surface area contributed by atoms with E-state index in [1.807, 2.05) is 7.05 Å². The Balaban J connectivity index is 1.90. The molecule has 1 aromatic carbocycles. The van der Waals surface area contributed by atoms with E-state index in [0.29, 0.717) is 17.4 Å². The number of carbonyl (C=O) groups is 1. The molecule has 0 saturated carbocycles. The number of nitrogens with two attached hydrogens (primary N) is 1. The molecule has 0 radical (unpaired) electrons. The van der Waals surface area contributed by atoms with Gasteiger partial charge in [0.15, 0.2) is 4.34 Å². The Morgan fingerprint density at radius 2 is 2.14 bits per heavy atom. The number of aryl methyl sites for hydroxylation is 2. The van der Waals surface area contributed by atoms with Crippen LogP contribution in [0.15, 0.2) is 22.5 Å². The molecule has 2 N–H and O–H groups in total. The Labute approximate surface area is 132 Å². The van der Waals surface area contributed by atoms with Crippen molar-refractivity contribution >= 4 is 34.1 Å². The van der Waals surface area contributed by atoms with Gasteiger partial charge in [-0.15, -0.1) is 10.2 Å². The molecule has 0 aliphatic carbocycles. The first-order valence-corrected chi connectivity index (χ1v) is 8.28. The highest BCUT2D eigenvalue weighted by atomic mass is 32.2.